The fourth-order valence-corrected chi connectivity index (χ4v) is 4.88. The fraction of sp³-hybridized carbons (Fsp3) is 0.424. The van der Waals surface area contributed by atoms with Crippen LogP contribution in [0.25, 0.3) is 0 Å². The lowest BCUT2D eigenvalue weighted by Crippen LogP contribution is -2.49. The third-order valence-corrected chi connectivity index (χ3v) is 6.98. The number of pyridine rings is 1. The Morgan fingerprint density at radius 3 is 2.39 bits per heavy atom. The number of aliphatic hydroxyl groups is 1. The van der Waals surface area contributed by atoms with Gasteiger partial charge in [-0.15, -0.1) is 0 Å². The van der Waals surface area contributed by atoms with Gasteiger partial charge >= 0.3 is 0 Å². The zero-order chi connectivity index (χ0) is 29.8. The topological polar surface area (TPSA) is 115 Å². The van der Waals surface area contributed by atoms with Crippen LogP contribution in [0.2, 0.25) is 0 Å². The number of hydrogen-bond acceptors (Lipinski definition) is 6. The number of piperidine rings is 1. The molecule has 5 N–H and O–H groups in total. The number of rotatable bonds is 7. The van der Waals surface area contributed by atoms with Gasteiger partial charge in [-0.25, -0.2) is 4.39 Å². The molecule has 41 heavy (non-hydrogen) atoms. The Kier molecular flexibility index (Phi) is 12.3. The molecule has 1 saturated carbocycles. The third kappa shape index (κ3) is 10.3. The van der Waals surface area contributed by atoms with Gasteiger partial charge < -0.3 is 21.1 Å². The van der Waals surface area contributed by atoms with Crippen LogP contribution >= 0.6 is 0 Å². The van der Waals surface area contributed by atoms with Crippen molar-refractivity contribution in [2.75, 3.05) is 10.6 Å². The van der Waals surface area contributed by atoms with Crippen LogP contribution in [0.1, 0.15) is 82.5 Å². The summed E-state index contributed by atoms with van der Waals surface area (Å²) in [6, 6.07) is 18.2. The molecule has 1 aliphatic heterocycles. The minimum atomic E-state index is -0.400. The summed E-state index contributed by atoms with van der Waals surface area (Å²) in [5, 5.41) is 21.2. The van der Waals surface area contributed by atoms with Gasteiger partial charge in [-0.2, -0.15) is 0 Å². The summed E-state index contributed by atoms with van der Waals surface area (Å²) in [6.07, 6.45) is 9.66. The maximum Gasteiger partial charge on any atom is 0.217 e. The molecule has 2 fully saturated rings. The normalized spacial score (nSPS) is 19.1. The van der Waals surface area contributed by atoms with Crippen molar-refractivity contribution in [1.82, 2.24) is 10.3 Å². The molecule has 2 aliphatic rings. The summed E-state index contributed by atoms with van der Waals surface area (Å²) >= 11 is 0. The number of amides is 1. The molecule has 2 aromatic carbocycles. The molecule has 3 unspecified atom stereocenters. The van der Waals surface area contributed by atoms with Gasteiger partial charge in [0.2, 0.25) is 5.91 Å². The molecular formula is C33H44FN5O2. The highest BCUT2D eigenvalue weighted by atomic mass is 19.1. The summed E-state index contributed by atoms with van der Waals surface area (Å²) in [4.78, 5) is 16.9. The number of hydrogen-bond donors (Lipinski definition) is 4. The monoisotopic (exact) mass is 561 g/mol. The molecule has 220 valence electrons. The fourth-order valence-electron chi connectivity index (χ4n) is 4.88. The summed E-state index contributed by atoms with van der Waals surface area (Å²) in [5.41, 5.74) is 9.69. The molecule has 3 atom stereocenters. The second kappa shape index (κ2) is 15.9. The summed E-state index contributed by atoms with van der Waals surface area (Å²) in [7, 11) is 0. The molecule has 0 radical (unpaired) electrons. The van der Waals surface area contributed by atoms with E-state index in [2.05, 4.69) is 29.0 Å². The SMILES string of the molecule is C1CC1.CC(=O)NCc1ccccn1.CCCC1CC(O)CC(C)N1c1ccc(C(=N)c2ccc(F)cc2N)cc1. The average molecular weight is 562 g/mol. The van der Waals surface area contributed by atoms with Crippen LogP contribution < -0.4 is 16.0 Å². The van der Waals surface area contributed by atoms with Gasteiger partial charge in [-0.3, -0.25) is 15.2 Å². The van der Waals surface area contributed by atoms with Crippen LogP contribution in [0.3, 0.4) is 0 Å². The lowest BCUT2D eigenvalue weighted by molar-refractivity contribution is -0.119. The lowest BCUT2D eigenvalue weighted by Gasteiger charge is -2.44. The molecule has 1 amide bonds. The highest BCUT2D eigenvalue weighted by molar-refractivity contribution is 6.13. The van der Waals surface area contributed by atoms with E-state index in [1.165, 1.54) is 38.3 Å². The first kappa shape index (κ1) is 31.7. The number of nitrogens with zero attached hydrogens (tertiary/aromatic N) is 2. The van der Waals surface area contributed by atoms with E-state index in [0.29, 0.717) is 18.2 Å². The zero-order valence-electron chi connectivity index (χ0n) is 24.4. The van der Waals surface area contributed by atoms with E-state index in [1.807, 2.05) is 42.5 Å². The van der Waals surface area contributed by atoms with Gasteiger partial charge in [0.15, 0.2) is 0 Å². The van der Waals surface area contributed by atoms with Gasteiger partial charge in [-0.05, 0) is 68.7 Å². The number of nitrogens with one attached hydrogen (secondary N) is 2. The average Bonchev–Trinajstić information content (AvgIpc) is 3.83. The van der Waals surface area contributed by atoms with E-state index in [-0.39, 0.29) is 29.5 Å². The molecule has 1 aliphatic carbocycles. The summed E-state index contributed by atoms with van der Waals surface area (Å²) < 4.78 is 13.3. The van der Waals surface area contributed by atoms with Crippen molar-refractivity contribution < 1.29 is 14.3 Å². The van der Waals surface area contributed by atoms with Crippen LogP contribution in [0.5, 0.6) is 0 Å². The van der Waals surface area contributed by atoms with E-state index in [9.17, 15) is 14.3 Å². The largest absolute Gasteiger partial charge is 0.398 e. The third-order valence-electron chi connectivity index (χ3n) is 6.98. The molecule has 8 heteroatoms. The number of aliphatic hydroxyl groups excluding tert-OH is 1. The van der Waals surface area contributed by atoms with Crippen LogP contribution in [-0.4, -0.2) is 39.9 Å². The molecule has 2 heterocycles. The van der Waals surface area contributed by atoms with E-state index in [4.69, 9.17) is 11.1 Å². The van der Waals surface area contributed by atoms with E-state index in [1.54, 1.807) is 12.3 Å². The maximum absolute atomic E-state index is 13.3. The number of nitrogen functional groups attached to an aromatic ring is 1. The first-order chi connectivity index (χ1) is 19.7. The van der Waals surface area contributed by atoms with Crippen molar-refractivity contribution in [3.05, 3.63) is 89.5 Å². The van der Waals surface area contributed by atoms with Crippen molar-refractivity contribution >= 4 is 23.0 Å². The number of nitrogens with two attached hydrogens (primary N) is 1. The number of carbonyl (C=O) groups is 1. The molecule has 0 bridgehead atoms. The predicted molar refractivity (Wildman–Crippen MR) is 165 cm³/mol. The summed E-state index contributed by atoms with van der Waals surface area (Å²) in [5.74, 6) is -0.432. The molecule has 3 aromatic rings. The second-order valence-electron chi connectivity index (χ2n) is 10.8. The predicted octanol–water partition coefficient (Wildman–Crippen LogP) is 6.23. The Bertz CT molecular complexity index is 1250. The summed E-state index contributed by atoms with van der Waals surface area (Å²) in [6.45, 7) is 6.32. The Morgan fingerprint density at radius 1 is 1.12 bits per heavy atom. The smallest absolute Gasteiger partial charge is 0.217 e. The van der Waals surface area contributed by atoms with Gasteiger partial charge in [0, 0.05) is 47.7 Å². The number of carbonyl (C=O) groups excluding carboxylic acids is 1. The maximum atomic E-state index is 13.3. The van der Waals surface area contributed by atoms with E-state index in [0.717, 1.165) is 42.6 Å². The Balaban J connectivity index is 0.000000271. The Morgan fingerprint density at radius 2 is 1.83 bits per heavy atom. The van der Waals surface area contributed by atoms with Gasteiger partial charge in [-0.1, -0.05) is 50.8 Å². The van der Waals surface area contributed by atoms with Crippen molar-refractivity contribution in [1.29, 1.82) is 5.41 Å². The van der Waals surface area contributed by atoms with E-state index < -0.39 is 5.82 Å². The second-order valence-corrected chi connectivity index (χ2v) is 10.8. The molecule has 7 nitrogen and oxygen atoms in total. The molecule has 5 rings (SSSR count). The highest BCUT2D eigenvalue weighted by Gasteiger charge is 2.32. The first-order valence-corrected chi connectivity index (χ1v) is 14.5. The molecule has 0 spiro atoms. The van der Waals surface area contributed by atoms with Crippen molar-refractivity contribution in [2.24, 2.45) is 0 Å². The number of aromatic nitrogens is 1. The lowest BCUT2D eigenvalue weighted by atomic mass is 9.90. The minimum Gasteiger partial charge on any atom is -0.398 e. The standard InChI is InChI=1S/C22H28FN3O.C8H10N2O.C3H6/c1-3-4-18-13-19(27)11-14(2)26(18)17-8-5-15(6-9-17)22(25)20-10-7-16(23)12-21(20)24;1-7(11)10-6-8-4-2-3-5-9-8;1-2-3-1/h5-10,12,14,18-19,25,27H,3-4,11,13,24H2,1-2H3;2-5H,6H2,1H3,(H,10,11);1-3H2. The van der Waals surface area contributed by atoms with Crippen molar-refractivity contribution in [3.8, 4) is 0 Å². The Labute approximate surface area is 243 Å². The quantitative estimate of drug-likeness (QED) is 0.202. The first-order valence-electron chi connectivity index (χ1n) is 14.5. The molecule has 1 aromatic heterocycles. The van der Waals surface area contributed by atoms with Crippen molar-refractivity contribution in [2.45, 2.75) is 90.4 Å². The van der Waals surface area contributed by atoms with Gasteiger partial charge in [0.25, 0.3) is 0 Å². The Hall–Kier alpha value is -3.78. The van der Waals surface area contributed by atoms with Crippen LogP contribution in [-0.2, 0) is 11.3 Å². The molecular weight excluding hydrogens is 517 g/mol. The van der Waals surface area contributed by atoms with E-state index >= 15 is 0 Å². The number of halogens is 1. The van der Waals surface area contributed by atoms with Crippen LogP contribution in [0.15, 0.2) is 66.9 Å². The van der Waals surface area contributed by atoms with Crippen LogP contribution in [0.4, 0.5) is 15.8 Å². The zero-order valence-corrected chi connectivity index (χ0v) is 24.4. The highest BCUT2D eigenvalue weighted by Crippen LogP contribution is 2.32. The van der Waals surface area contributed by atoms with Crippen LogP contribution in [0, 0.1) is 11.2 Å². The number of benzene rings is 2. The number of anilines is 2. The van der Waals surface area contributed by atoms with Crippen molar-refractivity contribution in [3.63, 3.8) is 0 Å². The molecule has 1 saturated heterocycles. The van der Waals surface area contributed by atoms with Gasteiger partial charge in [0.05, 0.1) is 24.1 Å². The minimum absolute atomic E-state index is 0.0318. The van der Waals surface area contributed by atoms with Gasteiger partial charge in [0.1, 0.15) is 5.82 Å².